The minimum atomic E-state index is -0.393. The molecule has 0 radical (unpaired) electrons. The van der Waals surface area contributed by atoms with Crippen molar-refractivity contribution < 1.29 is 14.0 Å². The summed E-state index contributed by atoms with van der Waals surface area (Å²) in [4.78, 5) is 36.8. The minimum absolute atomic E-state index is 0.0754. The predicted octanol–water partition coefficient (Wildman–Crippen LogP) is 5.47. The number of nitrogens with zero attached hydrogens (tertiary/aromatic N) is 5. The number of fused-ring (bicyclic) bond motifs is 1. The summed E-state index contributed by atoms with van der Waals surface area (Å²) >= 11 is 0. The molecule has 0 N–H and O–H groups in total. The Bertz CT molecular complexity index is 1450. The summed E-state index contributed by atoms with van der Waals surface area (Å²) in [6, 6.07) is 4.58. The number of pyridine rings is 1. The molecule has 5 heterocycles. The third-order valence-corrected chi connectivity index (χ3v) is 9.64. The molecule has 1 atom stereocenters. The lowest BCUT2D eigenvalue weighted by molar-refractivity contribution is -0.135. The third kappa shape index (κ3) is 5.83. The number of aromatic nitrogens is 2. The highest BCUT2D eigenvalue weighted by Gasteiger charge is 2.30. The van der Waals surface area contributed by atoms with Crippen LogP contribution in [0.5, 0.6) is 0 Å². The monoisotopic (exact) mass is 573 g/mol. The minimum Gasteiger partial charge on any atom is -0.342 e. The largest absolute Gasteiger partial charge is 0.342 e. The Hall–Kier alpha value is -3.26. The number of piperidine rings is 1. The van der Waals surface area contributed by atoms with Crippen LogP contribution in [0, 0.1) is 30.5 Å². The van der Waals surface area contributed by atoms with Gasteiger partial charge in [-0.15, -0.1) is 0 Å². The summed E-state index contributed by atoms with van der Waals surface area (Å²) in [5.74, 6) is 1.07. The highest BCUT2D eigenvalue weighted by Crippen LogP contribution is 2.33. The Kier molecular flexibility index (Phi) is 8.35. The maximum Gasteiger partial charge on any atom is 0.256 e. The summed E-state index contributed by atoms with van der Waals surface area (Å²) in [7, 11) is 0. The number of rotatable bonds is 7. The number of aryl methyl sites for hydroxylation is 1. The van der Waals surface area contributed by atoms with Gasteiger partial charge in [0.05, 0.1) is 23.0 Å². The van der Waals surface area contributed by atoms with Crippen LogP contribution in [0.15, 0.2) is 36.8 Å². The zero-order valence-electron chi connectivity index (χ0n) is 25.3. The van der Waals surface area contributed by atoms with Crippen molar-refractivity contribution in [1.82, 2.24) is 24.3 Å². The summed E-state index contributed by atoms with van der Waals surface area (Å²) in [5, 5.41) is 1.19. The van der Waals surface area contributed by atoms with Crippen LogP contribution in [0.4, 0.5) is 4.39 Å². The van der Waals surface area contributed by atoms with Crippen molar-refractivity contribution in [3.63, 3.8) is 0 Å². The molecule has 224 valence electrons. The second-order valence-electron chi connectivity index (χ2n) is 13.1. The molecule has 3 aliphatic heterocycles. The van der Waals surface area contributed by atoms with Crippen LogP contribution in [0.2, 0.25) is 0 Å². The van der Waals surface area contributed by atoms with E-state index in [9.17, 15) is 14.0 Å². The molecule has 1 aromatic carbocycles. The van der Waals surface area contributed by atoms with Crippen LogP contribution in [-0.2, 0) is 11.2 Å². The van der Waals surface area contributed by atoms with Crippen LogP contribution in [-0.4, -0.2) is 81.9 Å². The molecule has 1 unspecified atom stereocenters. The number of carbonyl (C=O) groups is 2. The SMILES string of the molecule is Cc1cncc2c1c(CC1CCN(CC3CCN(C(=O)C(C)C)CC3)C1)cn2-c1ccc(F)cc1C(=O)N1CCCC1. The highest BCUT2D eigenvalue weighted by molar-refractivity contribution is 5.99. The first-order chi connectivity index (χ1) is 20.3. The number of likely N-dealkylation sites (tertiary alicyclic amines) is 3. The number of carbonyl (C=O) groups excluding carboxylic acids is 2. The molecule has 0 spiro atoms. The lowest BCUT2D eigenvalue weighted by Gasteiger charge is -2.34. The topological polar surface area (TPSA) is 61.7 Å². The molecule has 2 aromatic heterocycles. The van der Waals surface area contributed by atoms with Gasteiger partial charge in [0, 0.05) is 63.0 Å². The van der Waals surface area contributed by atoms with E-state index in [4.69, 9.17) is 0 Å². The molecular weight excluding hydrogens is 529 g/mol. The van der Waals surface area contributed by atoms with Gasteiger partial charge in [-0.2, -0.15) is 0 Å². The van der Waals surface area contributed by atoms with E-state index in [2.05, 4.69) is 27.6 Å². The van der Waals surface area contributed by atoms with Crippen molar-refractivity contribution in [2.24, 2.45) is 17.8 Å². The van der Waals surface area contributed by atoms with Gasteiger partial charge in [-0.1, -0.05) is 13.8 Å². The van der Waals surface area contributed by atoms with Gasteiger partial charge >= 0.3 is 0 Å². The zero-order chi connectivity index (χ0) is 29.4. The second kappa shape index (κ2) is 12.2. The Morgan fingerprint density at radius 2 is 1.71 bits per heavy atom. The lowest BCUT2D eigenvalue weighted by Crippen LogP contribution is -2.42. The Labute approximate surface area is 248 Å². The quantitative estimate of drug-likeness (QED) is 0.376. The van der Waals surface area contributed by atoms with E-state index in [0.717, 1.165) is 95.4 Å². The predicted molar refractivity (Wildman–Crippen MR) is 163 cm³/mol. The van der Waals surface area contributed by atoms with Gasteiger partial charge < -0.3 is 19.3 Å². The van der Waals surface area contributed by atoms with Crippen LogP contribution >= 0.6 is 0 Å². The van der Waals surface area contributed by atoms with Gasteiger partial charge in [-0.3, -0.25) is 14.6 Å². The number of hydrogen-bond acceptors (Lipinski definition) is 4. The maximum absolute atomic E-state index is 14.4. The molecule has 0 bridgehead atoms. The van der Waals surface area contributed by atoms with E-state index < -0.39 is 5.82 Å². The molecule has 0 saturated carbocycles. The molecule has 3 saturated heterocycles. The van der Waals surface area contributed by atoms with E-state index in [-0.39, 0.29) is 17.7 Å². The van der Waals surface area contributed by atoms with Gasteiger partial charge in [0.15, 0.2) is 0 Å². The van der Waals surface area contributed by atoms with Crippen molar-refractivity contribution in [1.29, 1.82) is 0 Å². The molecule has 8 heteroatoms. The molecule has 42 heavy (non-hydrogen) atoms. The molecule has 6 rings (SSSR count). The van der Waals surface area contributed by atoms with Crippen LogP contribution in [0.3, 0.4) is 0 Å². The summed E-state index contributed by atoms with van der Waals surface area (Å²) < 4.78 is 16.5. The highest BCUT2D eigenvalue weighted by atomic mass is 19.1. The smallest absolute Gasteiger partial charge is 0.256 e. The Balaban J connectivity index is 1.19. The van der Waals surface area contributed by atoms with Gasteiger partial charge in [0.1, 0.15) is 5.82 Å². The number of hydrogen-bond donors (Lipinski definition) is 0. The van der Waals surface area contributed by atoms with Crippen LogP contribution < -0.4 is 0 Å². The maximum atomic E-state index is 14.4. The van der Waals surface area contributed by atoms with Gasteiger partial charge in [0.2, 0.25) is 5.91 Å². The average molecular weight is 574 g/mol. The Morgan fingerprint density at radius 3 is 2.45 bits per heavy atom. The van der Waals surface area contributed by atoms with Crippen molar-refractivity contribution in [2.75, 3.05) is 45.8 Å². The van der Waals surface area contributed by atoms with Crippen molar-refractivity contribution in [3.8, 4) is 5.69 Å². The molecule has 0 aliphatic carbocycles. The fourth-order valence-electron chi connectivity index (χ4n) is 7.40. The number of benzene rings is 1. The Morgan fingerprint density at radius 1 is 0.976 bits per heavy atom. The normalized spacial score (nSPS) is 20.4. The van der Waals surface area contributed by atoms with E-state index in [0.29, 0.717) is 23.1 Å². The van der Waals surface area contributed by atoms with E-state index in [1.807, 2.05) is 36.0 Å². The van der Waals surface area contributed by atoms with E-state index in [1.165, 1.54) is 23.1 Å². The molecule has 3 aliphatic rings. The molecular formula is C34H44FN5O2. The summed E-state index contributed by atoms with van der Waals surface area (Å²) in [6.07, 6.45) is 12.2. The molecule has 7 nitrogen and oxygen atoms in total. The summed E-state index contributed by atoms with van der Waals surface area (Å²) in [5.41, 5.74) is 4.47. The van der Waals surface area contributed by atoms with Gasteiger partial charge in [-0.05, 0) is 93.2 Å². The van der Waals surface area contributed by atoms with Gasteiger partial charge in [0.25, 0.3) is 5.91 Å². The first-order valence-electron chi connectivity index (χ1n) is 15.8. The first kappa shape index (κ1) is 28.8. The summed E-state index contributed by atoms with van der Waals surface area (Å²) in [6.45, 7) is 12.6. The van der Waals surface area contributed by atoms with Crippen LogP contribution in [0.25, 0.3) is 16.6 Å². The molecule has 2 amide bonds. The fourth-order valence-corrected chi connectivity index (χ4v) is 7.40. The fraction of sp³-hybridized carbons (Fsp3) is 0.559. The average Bonchev–Trinajstić information content (AvgIpc) is 3.75. The van der Waals surface area contributed by atoms with Crippen LogP contribution in [0.1, 0.15) is 67.4 Å². The first-order valence-corrected chi connectivity index (χ1v) is 15.8. The number of halogens is 1. The zero-order valence-corrected chi connectivity index (χ0v) is 25.3. The standard InChI is InChI=1S/C34H44FN5O2/c1-23(2)33(41)39-14-9-25(10-15-39)20-37-13-8-26(21-37)16-27-22-40(31-19-36-18-24(3)32(27)31)30-7-6-28(35)17-29(30)34(42)38-11-4-5-12-38/h6-7,17-19,22-23,25-26H,4-5,8-16,20-21H2,1-3H3. The molecule has 3 aromatic rings. The molecule has 3 fully saturated rings. The van der Waals surface area contributed by atoms with Crippen molar-refractivity contribution in [2.45, 2.75) is 59.3 Å². The number of amides is 2. The van der Waals surface area contributed by atoms with E-state index >= 15 is 0 Å². The third-order valence-electron chi connectivity index (χ3n) is 9.64. The van der Waals surface area contributed by atoms with E-state index in [1.54, 1.807) is 6.07 Å². The van der Waals surface area contributed by atoms with Crippen molar-refractivity contribution in [3.05, 3.63) is 59.3 Å². The van der Waals surface area contributed by atoms with Gasteiger partial charge in [-0.25, -0.2) is 4.39 Å². The van der Waals surface area contributed by atoms with Crippen molar-refractivity contribution >= 4 is 22.7 Å². The lowest BCUT2D eigenvalue weighted by atomic mass is 9.95. The second-order valence-corrected chi connectivity index (χ2v) is 13.1.